The Kier molecular flexibility index (Phi) is 8.18. The molecular formula is C68H41NO2S. The Bertz CT molecular complexity index is 3970. The Balaban J connectivity index is 0.924. The lowest BCUT2D eigenvalue weighted by molar-refractivity contribution is 0.436. The highest BCUT2D eigenvalue weighted by atomic mass is 32.1. The van der Waals surface area contributed by atoms with Gasteiger partial charge in [0.2, 0.25) is 0 Å². The largest absolute Gasteiger partial charge is 0.457 e. The number of hydrogen-bond acceptors (Lipinski definition) is 4. The zero-order valence-corrected chi connectivity index (χ0v) is 39.7. The van der Waals surface area contributed by atoms with Crippen molar-refractivity contribution < 1.29 is 9.47 Å². The maximum Gasteiger partial charge on any atom is 0.132 e. The predicted octanol–water partition coefficient (Wildman–Crippen LogP) is 18.1. The van der Waals surface area contributed by atoms with Crippen LogP contribution in [0.1, 0.15) is 44.5 Å². The van der Waals surface area contributed by atoms with Gasteiger partial charge in [-0.1, -0.05) is 182 Å². The summed E-state index contributed by atoms with van der Waals surface area (Å²) in [6.45, 7) is 0. The molecule has 1 aromatic heterocycles. The fraction of sp³-hybridized carbons (Fsp3) is 0.0294. The van der Waals surface area contributed by atoms with Gasteiger partial charge in [-0.25, -0.2) is 0 Å². The molecule has 2 aliphatic carbocycles. The van der Waals surface area contributed by atoms with Crippen LogP contribution >= 0.6 is 11.3 Å². The van der Waals surface area contributed by atoms with Gasteiger partial charge in [0.25, 0.3) is 0 Å². The number of fused-ring (bicyclic) bond motifs is 21. The lowest BCUT2D eigenvalue weighted by Crippen LogP contribution is -2.32. The van der Waals surface area contributed by atoms with E-state index < -0.39 is 10.8 Å². The van der Waals surface area contributed by atoms with Crippen LogP contribution in [-0.2, 0) is 10.8 Å². The zero-order chi connectivity index (χ0) is 47.1. The molecule has 3 nitrogen and oxygen atoms in total. The minimum atomic E-state index is -0.558. The number of ether oxygens (including phenoxy) is 2. The van der Waals surface area contributed by atoms with Gasteiger partial charge in [0.05, 0.1) is 10.8 Å². The molecule has 11 aromatic carbocycles. The van der Waals surface area contributed by atoms with Gasteiger partial charge in [0.1, 0.15) is 23.0 Å². The number of nitrogens with zero attached hydrogens (tertiary/aromatic N) is 1. The van der Waals surface area contributed by atoms with E-state index in [1.54, 1.807) is 0 Å². The van der Waals surface area contributed by atoms with Crippen LogP contribution < -0.4 is 14.4 Å². The van der Waals surface area contributed by atoms with E-state index in [-0.39, 0.29) is 0 Å². The maximum atomic E-state index is 6.68. The fourth-order valence-electron chi connectivity index (χ4n) is 13.2. The summed E-state index contributed by atoms with van der Waals surface area (Å²) in [7, 11) is 0. The van der Waals surface area contributed by atoms with Crippen LogP contribution in [0.4, 0.5) is 17.1 Å². The number of rotatable bonds is 4. The van der Waals surface area contributed by atoms with E-state index in [0.29, 0.717) is 0 Å². The molecule has 0 N–H and O–H groups in total. The molecule has 0 unspecified atom stereocenters. The number of benzene rings is 11. The fourth-order valence-corrected chi connectivity index (χ4v) is 14.4. The van der Waals surface area contributed by atoms with Crippen molar-refractivity contribution in [1.29, 1.82) is 0 Å². The number of thiophene rings is 1. The van der Waals surface area contributed by atoms with E-state index in [0.717, 1.165) is 62.3 Å². The van der Waals surface area contributed by atoms with Gasteiger partial charge in [-0.05, 0) is 122 Å². The summed E-state index contributed by atoms with van der Waals surface area (Å²) < 4.78 is 16.0. The minimum Gasteiger partial charge on any atom is -0.457 e. The summed E-state index contributed by atoms with van der Waals surface area (Å²) in [5.74, 6) is 3.56. The third kappa shape index (κ3) is 5.18. The Hall–Kier alpha value is -8.96. The van der Waals surface area contributed by atoms with Crippen molar-refractivity contribution in [1.82, 2.24) is 0 Å². The molecule has 4 heteroatoms. The van der Waals surface area contributed by atoms with Gasteiger partial charge in [0.15, 0.2) is 0 Å². The van der Waals surface area contributed by atoms with Crippen molar-refractivity contribution in [2.75, 3.05) is 4.90 Å². The van der Waals surface area contributed by atoms with Gasteiger partial charge in [0, 0.05) is 59.5 Å². The first kappa shape index (κ1) is 39.8. The summed E-state index contributed by atoms with van der Waals surface area (Å²) in [5, 5.41) is 2.61. The molecule has 12 aromatic rings. The van der Waals surface area contributed by atoms with Crippen LogP contribution in [0.5, 0.6) is 23.0 Å². The third-order valence-corrected chi connectivity index (χ3v) is 17.2. The highest BCUT2D eigenvalue weighted by Crippen LogP contribution is 2.65. The lowest BCUT2D eigenvalue weighted by Gasteiger charge is -2.39. The number of anilines is 3. The minimum absolute atomic E-state index is 0.558. The van der Waals surface area contributed by atoms with Crippen molar-refractivity contribution in [3.05, 3.63) is 293 Å². The highest BCUT2D eigenvalue weighted by Gasteiger charge is 2.53. The molecule has 16 rings (SSSR count). The molecule has 0 bridgehead atoms. The summed E-state index contributed by atoms with van der Waals surface area (Å²) in [6, 6.07) is 91.4. The molecule has 0 saturated carbocycles. The van der Waals surface area contributed by atoms with Gasteiger partial charge in [-0.2, -0.15) is 0 Å². The first-order valence-electron chi connectivity index (χ1n) is 24.7. The van der Waals surface area contributed by atoms with Crippen LogP contribution in [0.15, 0.2) is 249 Å². The van der Waals surface area contributed by atoms with Crippen LogP contribution in [0, 0.1) is 0 Å². The second-order valence-electron chi connectivity index (χ2n) is 19.4. The van der Waals surface area contributed by atoms with Gasteiger partial charge in [-0.15, -0.1) is 11.3 Å². The number of para-hydroxylation sites is 4. The molecule has 0 radical (unpaired) electrons. The standard InChI is InChI=1S/C68H41NO2S/c1-4-21-53-47(16-1)51-40-44(36-38-55(51)67(53)57-23-6-10-27-61(57)70-62-28-11-7-24-58(62)67)69(43-34-32-42(33-35-43)46-19-15-20-50-49-18-3-14-31-65(49)72-66(46)50)45-37-39-56-52(41-45)48-17-2-5-22-54(48)68(56)59-25-8-12-29-63(59)71-64-30-13-9-26-60(64)68/h1-41H. The predicted molar refractivity (Wildman–Crippen MR) is 294 cm³/mol. The van der Waals surface area contributed by atoms with Crippen LogP contribution in [0.2, 0.25) is 0 Å². The van der Waals surface area contributed by atoms with Crippen LogP contribution in [-0.4, -0.2) is 0 Å². The quantitative estimate of drug-likeness (QED) is 0.176. The molecule has 3 heterocycles. The molecule has 2 spiro atoms. The van der Waals surface area contributed by atoms with Gasteiger partial charge >= 0.3 is 0 Å². The number of hydrogen-bond donors (Lipinski definition) is 0. The summed E-state index contributed by atoms with van der Waals surface area (Å²) in [5.41, 5.74) is 19.1. The first-order chi connectivity index (χ1) is 35.7. The summed E-state index contributed by atoms with van der Waals surface area (Å²) in [6.07, 6.45) is 0. The van der Waals surface area contributed by atoms with E-state index in [2.05, 4.69) is 254 Å². The van der Waals surface area contributed by atoms with E-state index >= 15 is 0 Å². The van der Waals surface area contributed by atoms with Crippen molar-refractivity contribution in [3.63, 3.8) is 0 Å². The van der Waals surface area contributed by atoms with E-state index in [4.69, 9.17) is 9.47 Å². The van der Waals surface area contributed by atoms with Crippen molar-refractivity contribution in [2.24, 2.45) is 0 Å². The molecule has 336 valence electrons. The van der Waals surface area contributed by atoms with Gasteiger partial charge < -0.3 is 14.4 Å². The van der Waals surface area contributed by atoms with Crippen molar-refractivity contribution in [2.45, 2.75) is 10.8 Å². The maximum absolute atomic E-state index is 6.68. The summed E-state index contributed by atoms with van der Waals surface area (Å²) in [4.78, 5) is 2.46. The molecule has 2 aliphatic heterocycles. The van der Waals surface area contributed by atoms with Crippen LogP contribution in [0.25, 0.3) is 53.6 Å². The second-order valence-corrected chi connectivity index (χ2v) is 20.5. The second kappa shape index (κ2) is 14.8. The Morgan fingerprint density at radius 3 is 1.19 bits per heavy atom. The normalized spacial score (nSPS) is 14.3. The SMILES string of the molecule is c1ccc2c(c1)Oc1ccccc1C21c2ccccc2-c2cc(N(c3ccc(-c4cccc5c4sc4ccccc45)cc3)c3ccc4c(c3)-c3ccccc3C43c4ccccc4Oc4ccccc43)ccc21. The monoisotopic (exact) mass is 935 g/mol. The topological polar surface area (TPSA) is 21.7 Å². The smallest absolute Gasteiger partial charge is 0.132 e. The van der Waals surface area contributed by atoms with Gasteiger partial charge in [-0.3, -0.25) is 0 Å². The van der Waals surface area contributed by atoms with E-state index in [1.165, 1.54) is 75.8 Å². The Morgan fingerprint density at radius 2 is 0.681 bits per heavy atom. The molecule has 72 heavy (non-hydrogen) atoms. The highest BCUT2D eigenvalue weighted by molar-refractivity contribution is 7.26. The lowest BCUT2D eigenvalue weighted by atomic mass is 9.66. The average molecular weight is 936 g/mol. The molecule has 0 saturated heterocycles. The first-order valence-corrected chi connectivity index (χ1v) is 25.5. The molecule has 0 atom stereocenters. The van der Waals surface area contributed by atoms with Crippen molar-refractivity contribution >= 4 is 48.6 Å². The third-order valence-electron chi connectivity index (χ3n) is 16.0. The van der Waals surface area contributed by atoms with Crippen LogP contribution in [0.3, 0.4) is 0 Å². The Morgan fingerprint density at radius 1 is 0.292 bits per heavy atom. The average Bonchev–Trinajstić information content (AvgIpc) is 4.06. The van der Waals surface area contributed by atoms with E-state index in [9.17, 15) is 0 Å². The molecular weight excluding hydrogens is 895 g/mol. The molecule has 0 amide bonds. The Labute approximate surface area is 421 Å². The van der Waals surface area contributed by atoms with E-state index in [1.807, 2.05) is 11.3 Å². The molecule has 4 aliphatic rings. The summed E-state index contributed by atoms with van der Waals surface area (Å²) >= 11 is 1.87. The van der Waals surface area contributed by atoms with Crippen molar-refractivity contribution in [3.8, 4) is 56.4 Å². The zero-order valence-electron chi connectivity index (χ0n) is 38.8. The molecule has 0 fully saturated rings.